The van der Waals surface area contributed by atoms with Crippen molar-refractivity contribution in [3.8, 4) is 0 Å². The molecule has 2 aromatic rings. The number of fused-ring (bicyclic) bond motifs is 4. The van der Waals surface area contributed by atoms with E-state index in [0.29, 0.717) is 0 Å². The van der Waals surface area contributed by atoms with E-state index in [-0.39, 0.29) is 24.8 Å². The summed E-state index contributed by atoms with van der Waals surface area (Å²) in [5.41, 5.74) is 8.06. The van der Waals surface area contributed by atoms with Gasteiger partial charge in [-0.05, 0) is 21.5 Å². The second-order valence-electron chi connectivity index (χ2n) is 5.32. The van der Waals surface area contributed by atoms with Gasteiger partial charge in [0.2, 0.25) is 0 Å². The molecule has 0 spiro atoms. The number of hydrogen-bond donors (Lipinski definition) is 0. The molecule has 0 unspecified atom stereocenters. The van der Waals surface area contributed by atoms with Gasteiger partial charge in [0, 0.05) is 9.57 Å². The van der Waals surface area contributed by atoms with Gasteiger partial charge in [0.05, 0.1) is 0 Å². The molecule has 0 N–H and O–H groups in total. The average Bonchev–Trinajstić information content (AvgIpc) is 3.33. The van der Waals surface area contributed by atoms with Crippen LogP contribution in [-0.4, -0.2) is 5.75 Å². The van der Waals surface area contributed by atoms with Crippen LogP contribution in [0.25, 0.3) is 17.7 Å². The van der Waals surface area contributed by atoms with Gasteiger partial charge in [0.25, 0.3) is 0 Å². The molecule has 0 bridgehead atoms. The van der Waals surface area contributed by atoms with Gasteiger partial charge < -0.3 is 24.8 Å². The Balaban J connectivity index is 0.000000232. The van der Waals surface area contributed by atoms with Crippen molar-refractivity contribution in [2.75, 3.05) is 5.75 Å². The topological polar surface area (TPSA) is 0 Å². The maximum absolute atomic E-state index is 4.17. The Bertz CT molecular complexity index is 862. The maximum atomic E-state index is 4.17. The van der Waals surface area contributed by atoms with E-state index in [2.05, 4.69) is 67.3 Å². The Morgan fingerprint density at radius 3 is 2.46 bits per heavy atom. The molecule has 0 atom stereocenters. The monoisotopic (exact) mass is 556 g/mol. The molecule has 0 saturated heterocycles. The first kappa shape index (κ1) is 24.2. The van der Waals surface area contributed by atoms with E-state index < -0.39 is 0 Å². The smallest absolute Gasteiger partial charge is 0.0528 e. The predicted molar refractivity (Wildman–Crippen MR) is 107 cm³/mol. The first-order chi connectivity index (χ1) is 11.8. The molecule has 5 rings (SSSR count). The summed E-state index contributed by atoms with van der Waals surface area (Å²) >= 11 is 6.60. The molecular weight excluding hydrogens is 546 g/mol. The molecule has 26 heavy (non-hydrogen) atoms. The van der Waals surface area contributed by atoms with Gasteiger partial charge in [-0.2, -0.15) is 0 Å². The first-order valence-electron chi connectivity index (χ1n) is 7.44. The van der Waals surface area contributed by atoms with Crippen LogP contribution in [0.1, 0.15) is 22.3 Å². The molecule has 2 aliphatic carbocycles. The molecule has 3 aliphatic rings. The molecule has 0 fully saturated rings. The van der Waals surface area contributed by atoms with Crippen molar-refractivity contribution in [1.82, 2.24) is 0 Å². The fraction of sp³-hybridized carbons (Fsp3) is 0.100. The van der Waals surface area contributed by atoms with Crippen molar-refractivity contribution in [3.63, 3.8) is 0 Å². The van der Waals surface area contributed by atoms with E-state index in [0.717, 1.165) is 34.9 Å². The van der Waals surface area contributed by atoms with Crippen molar-refractivity contribution in [2.24, 2.45) is 0 Å². The van der Waals surface area contributed by atoms with Crippen LogP contribution >= 0.6 is 36.5 Å². The predicted octanol–water partition coefficient (Wildman–Crippen LogP) is 0.404. The molecule has 132 valence electrons. The van der Waals surface area contributed by atoms with Crippen molar-refractivity contribution < 1.29 is 47.5 Å². The molecule has 1 heterocycles. The first-order valence-corrected chi connectivity index (χ1v) is 12.6. The Kier molecular flexibility index (Phi) is 11.1. The van der Waals surface area contributed by atoms with Gasteiger partial charge in [0.15, 0.2) is 0 Å². The standard InChI is InChI=1S/C11H6BrS.C9H7.2ClH.S.Zr/c12-11-10-8(6-13-11)5-7-3-1-2-4-9(7)10;1-2-5-9-7-3-6-8(9)4-1;;;;/h1-2,4-5H,6H2;1-4,7H,6H2;2*1H;;/q2*-1;;;;+2/p-2. The number of thioether (sulfide) groups is 1. The van der Waals surface area contributed by atoms with Crippen molar-refractivity contribution in [1.29, 1.82) is 0 Å². The summed E-state index contributed by atoms with van der Waals surface area (Å²) < 4.78 is 1.28. The molecule has 0 radical (unpaired) electrons. The van der Waals surface area contributed by atoms with Crippen LogP contribution in [0.2, 0.25) is 0 Å². The van der Waals surface area contributed by atoms with Crippen molar-refractivity contribution >= 4 is 54.3 Å². The van der Waals surface area contributed by atoms with Gasteiger partial charge >= 0.3 is 31.5 Å². The summed E-state index contributed by atoms with van der Waals surface area (Å²) in [6, 6.07) is 18.7. The summed E-state index contributed by atoms with van der Waals surface area (Å²) in [7, 11) is 4.17. The van der Waals surface area contributed by atoms with E-state index in [1.807, 2.05) is 36.0 Å². The van der Waals surface area contributed by atoms with E-state index in [9.17, 15) is 0 Å². The number of halogens is 3. The SMILES string of the molecule is BrC1=C2C(=Cc3[c-]cccc32)CS1.[Cl-].[Cl-].[S]=[Zr+2].[c-]1cccc2c1C=CC2. The zero-order valence-electron chi connectivity index (χ0n) is 13.6. The molecular formula is C20H13BrCl2S2Zr-2. The molecule has 0 aromatic heterocycles. The Morgan fingerprint density at radius 1 is 1.04 bits per heavy atom. The van der Waals surface area contributed by atoms with E-state index in [1.54, 1.807) is 0 Å². The van der Waals surface area contributed by atoms with Gasteiger partial charge in [-0.3, -0.25) is 0 Å². The third-order valence-electron chi connectivity index (χ3n) is 3.95. The molecule has 2 aromatic carbocycles. The van der Waals surface area contributed by atoms with Gasteiger partial charge in [-0.15, -0.1) is 101 Å². The number of benzene rings is 2. The summed E-state index contributed by atoms with van der Waals surface area (Å²) in [6.45, 7) is 0. The zero-order valence-corrected chi connectivity index (χ0v) is 20.7. The second kappa shape index (κ2) is 11.9. The van der Waals surface area contributed by atoms with E-state index in [1.165, 1.54) is 37.2 Å². The van der Waals surface area contributed by atoms with Gasteiger partial charge in [0.1, 0.15) is 0 Å². The Labute approximate surface area is 198 Å². The molecule has 1 aliphatic heterocycles. The van der Waals surface area contributed by atoms with Gasteiger partial charge in [-0.25, -0.2) is 0 Å². The number of rotatable bonds is 0. The fourth-order valence-electron chi connectivity index (χ4n) is 2.89. The Hall–Kier alpha value is 0.173. The van der Waals surface area contributed by atoms with Crippen LogP contribution < -0.4 is 24.8 Å². The second-order valence-corrected chi connectivity index (χ2v) is 7.62. The van der Waals surface area contributed by atoms with Crippen LogP contribution in [0.5, 0.6) is 0 Å². The summed E-state index contributed by atoms with van der Waals surface area (Å²) in [5.74, 6) is 1.10. The largest absolute Gasteiger partial charge is 0.147 e. The number of hydrogen-bond acceptors (Lipinski definition) is 2. The summed E-state index contributed by atoms with van der Waals surface area (Å²) in [6.07, 6.45) is 7.62. The Morgan fingerprint density at radius 2 is 1.73 bits per heavy atom. The van der Waals surface area contributed by atoms with Crippen LogP contribution in [0.4, 0.5) is 0 Å². The third kappa shape index (κ3) is 5.37. The average molecular weight is 559 g/mol. The summed E-state index contributed by atoms with van der Waals surface area (Å²) in [4.78, 5) is 0. The minimum atomic E-state index is 0. The minimum absolute atomic E-state index is 0. The van der Waals surface area contributed by atoms with Crippen molar-refractivity contribution in [2.45, 2.75) is 6.42 Å². The summed E-state index contributed by atoms with van der Waals surface area (Å²) in [5, 5.41) is 0. The van der Waals surface area contributed by atoms with Crippen LogP contribution in [0.15, 0.2) is 51.9 Å². The fourth-order valence-corrected chi connectivity index (χ4v) is 4.59. The molecule has 6 heteroatoms. The van der Waals surface area contributed by atoms with Crippen LogP contribution in [0.3, 0.4) is 0 Å². The van der Waals surface area contributed by atoms with E-state index >= 15 is 0 Å². The molecule has 0 nitrogen and oxygen atoms in total. The van der Waals surface area contributed by atoms with Crippen molar-refractivity contribution in [3.05, 3.63) is 86.2 Å². The molecule has 0 saturated carbocycles. The van der Waals surface area contributed by atoms with E-state index in [4.69, 9.17) is 0 Å². The minimum Gasteiger partial charge on any atom is -0.147 e. The van der Waals surface area contributed by atoms with Crippen LogP contribution in [0, 0.1) is 12.1 Å². The normalized spacial score (nSPS) is 14.3. The number of allylic oxidation sites excluding steroid dienone is 2. The van der Waals surface area contributed by atoms with Crippen LogP contribution in [-0.2, 0) is 29.1 Å². The third-order valence-corrected chi connectivity index (χ3v) is 5.94. The van der Waals surface area contributed by atoms with Gasteiger partial charge in [-0.1, -0.05) is 12.0 Å². The zero-order chi connectivity index (χ0) is 16.9. The quantitative estimate of drug-likeness (QED) is 0.429. The maximum Gasteiger partial charge on any atom is -0.0528 e. The molecule has 0 amide bonds.